The number of amides is 2. The van der Waals surface area contributed by atoms with E-state index in [1.165, 1.54) is 6.42 Å². The lowest BCUT2D eigenvalue weighted by atomic mass is 10.1. The summed E-state index contributed by atoms with van der Waals surface area (Å²) in [5.74, 6) is -0.0959. The molecule has 21 heavy (non-hydrogen) atoms. The number of carbonyl (C=O) groups is 2. The maximum atomic E-state index is 12.3. The highest BCUT2D eigenvalue weighted by atomic mass is 32.1. The summed E-state index contributed by atoms with van der Waals surface area (Å²) in [7, 11) is 0. The first-order valence-electron chi connectivity index (χ1n) is 7.12. The van der Waals surface area contributed by atoms with Crippen LogP contribution in [0.2, 0.25) is 0 Å². The summed E-state index contributed by atoms with van der Waals surface area (Å²) < 4.78 is 0. The summed E-state index contributed by atoms with van der Waals surface area (Å²) in [6.45, 7) is 5.25. The Hall–Kier alpha value is -1.75. The van der Waals surface area contributed by atoms with Crippen LogP contribution in [0.4, 0.5) is 5.69 Å². The van der Waals surface area contributed by atoms with Crippen LogP contribution in [0.15, 0.2) is 35.7 Å². The number of benzene rings is 1. The van der Waals surface area contributed by atoms with E-state index >= 15 is 0 Å². The first-order chi connectivity index (χ1) is 10.1. The predicted molar refractivity (Wildman–Crippen MR) is 87.6 cm³/mol. The van der Waals surface area contributed by atoms with Crippen LogP contribution >= 0.6 is 12.6 Å². The normalized spacial score (nSPS) is 14.6. The van der Waals surface area contributed by atoms with E-state index < -0.39 is 0 Å². The molecule has 112 valence electrons. The first-order valence-corrected chi connectivity index (χ1v) is 7.57. The van der Waals surface area contributed by atoms with Crippen molar-refractivity contribution in [2.24, 2.45) is 0 Å². The maximum Gasteiger partial charge on any atom is 0.253 e. The van der Waals surface area contributed by atoms with Gasteiger partial charge in [0.2, 0.25) is 5.91 Å². The summed E-state index contributed by atoms with van der Waals surface area (Å²) in [5.41, 5.74) is 1.33. The van der Waals surface area contributed by atoms with E-state index in [0.717, 1.165) is 25.9 Å². The van der Waals surface area contributed by atoms with Crippen molar-refractivity contribution < 1.29 is 9.59 Å². The van der Waals surface area contributed by atoms with Gasteiger partial charge in [-0.15, -0.1) is 12.6 Å². The Balaban J connectivity index is 1.96. The van der Waals surface area contributed by atoms with Crippen LogP contribution in [0.1, 0.15) is 36.0 Å². The van der Waals surface area contributed by atoms with Gasteiger partial charge >= 0.3 is 0 Å². The highest BCUT2D eigenvalue weighted by Crippen LogP contribution is 2.16. The molecule has 1 aromatic rings. The van der Waals surface area contributed by atoms with Crippen LogP contribution < -0.4 is 5.32 Å². The molecule has 1 N–H and O–H groups in total. The lowest BCUT2D eigenvalue weighted by molar-refractivity contribution is -0.115. The van der Waals surface area contributed by atoms with Gasteiger partial charge in [0.25, 0.3) is 5.91 Å². The molecule has 2 rings (SSSR count). The molecule has 0 saturated carbocycles. The number of anilines is 1. The molecule has 1 aliphatic heterocycles. The van der Waals surface area contributed by atoms with Crippen LogP contribution in [0.5, 0.6) is 0 Å². The minimum Gasteiger partial charge on any atom is -0.339 e. The number of nitrogens with one attached hydrogen (secondary N) is 1. The molecule has 0 aliphatic carbocycles. The third kappa shape index (κ3) is 4.63. The van der Waals surface area contributed by atoms with Crippen molar-refractivity contribution in [3.8, 4) is 0 Å². The van der Waals surface area contributed by atoms with Gasteiger partial charge in [-0.1, -0.05) is 6.58 Å². The zero-order chi connectivity index (χ0) is 15.2. The minimum atomic E-state index is -0.162. The van der Waals surface area contributed by atoms with Crippen molar-refractivity contribution in [2.75, 3.05) is 18.4 Å². The Kier molecular flexibility index (Phi) is 5.44. The molecule has 0 spiro atoms. The number of nitrogens with zero attached hydrogens (tertiary/aromatic N) is 1. The van der Waals surface area contributed by atoms with Gasteiger partial charge in [0.1, 0.15) is 0 Å². The molecule has 1 saturated heterocycles. The smallest absolute Gasteiger partial charge is 0.253 e. The van der Waals surface area contributed by atoms with E-state index in [-0.39, 0.29) is 18.2 Å². The van der Waals surface area contributed by atoms with Crippen molar-refractivity contribution in [1.82, 2.24) is 4.90 Å². The Morgan fingerprint density at radius 2 is 1.76 bits per heavy atom. The number of rotatable bonds is 4. The van der Waals surface area contributed by atoms with Gasteiger partial charge in [-0.25, -0.2) is 0 Å². The molecule has 0 atom stereocenters. The van der Waals surface area contributed by atoms with Gasteiger partial charge in [0.15, 0.2) is 0 Å². The molecule has 1 fully saturated rings. The molecule has 0 unspecified atom stereocenters. The highest BCUT2D eigenvalue weighted by molar-refractivity contribution is 7.84. The van der Waals surface area contributed by atoms with Gasteiger partial charge in [-0.3, -0.25) is 9.59 Å². The van der Waals surface area contributed by atoms with Gasteiger partial charge in [-0.2, -0.15) is 0 Å². The third-order valence-electron chi connectivity index (χ3n) is 3.42. The number of piperidine rings is 1. The van der Waals surface area contributed by atoms with Crippen molar-refractivity contribution >= 4 is 30.1 Å². The summed E-state index contributed by atoms with van der Waals surface area (Å²) in [6.07, 6.45) is 3.53. The fourth-order valence-electron chi connectivity index (χ4n) is 2.37. The Bertz CT molecular complexity index is 534. The Morgan fingerprint density at radius 1 is 1.14 bits per heavy atom. The first kappa shape index (κ1) is 15.6. The summed E-state index contributed by atoms with van der Waals surface area (Å²) in [6, 6.07) is 7.00. The fraction of sp³-hybridized carbons (Fsp3) is 0.375. The number of likely N-dealkylation sites (tertiary alicyclic amines) is 1. The van der Waals surface area contributed by atoms with Crippen molar-refractivity contribution in [2.45, 2.75) is 25.7 Å². The molecule has 4 nitrogen and oxygen atoms in total. The number of carbonyl (C=O) groups excluding carboxylic acids is 2. The Morgan fingerprint density at radius 3 is 2.33 bits per heavy atom. The standard InChI is InChI=1S/C16H20N2O2S/c1-12(21)11-15(19)17-14-7-5-13(6-8-14)16(20)18-9-3-2-4-10-18/h5-8,21H,1-4,9-11H2,(H,17,19). The summed E-state index contributed by atoms with van der Waals surface area (Å²) >= 11 is 4.00. The van der Waals surface area contributed by atoms with Crippen LogP contribution in [-0.2, 0) is 4.79 Å². The second-order valence-electron chi connectivity index (χ2n) is 5.22. The molecule has 1 aliphatic rings. The fourth-order valence-corrected chi connectivity index (χ4v) is 2.51. The second kappa shape index (κ2) is 7.31. The molecule has 1 heterocycles. The van der Waals surface area contributed by atoms with Gasteiger partial charge in [-0.05, 0) is 48.4 Å². The predicted octanol–water partition coefficient (Wildman–Crippen LogP) is 3.08. The lowest BCUT2D eigenvalue weighted by Gasteiger charge is -2.26. The van der Waals surface area contributed by atoms with Crippen molar-refractivity contribution in [3.05, 3.63) is 41.3 Å². The molecular formula is C16H20N2O2S. The van der Waals surface area contributed by atoms with Crippen LogP contribution in [0.3, 0.4) is 0 Å². The summed E-state index contributed by atoms with van der Waals surface area (Å²) in [5, 5.41) is 2.75. The number of hydrogen-bond donors (Lipinski definition) is 2. The van der Waals surface area contributed by atoms with E-state index in [0.29, 0.717) is 16.2 Å². The number of thiol groups is 1. The van der Waals surface area contributed by atoms with E-state index in [1.807, 2.05) is 4.90 Å². The molecule has 0 radical (unpaired) electrons. The van der Waals surface area contributed by atoms with Crippen LogP contribution in [0.25, 0.3) is 0 Å². The van der Waals surface area contributed by atoms with Crippen LogP contribution in [0, 0.1) is 0 Å². The molecule has 2 amide bonds. The third-order valence-corrected chi connectivity index (χ3v) is 3.58. The lowest BCUT2D eigenvalue weighted by Crippen LogP contribution is -2.35. The van der Waals surface area contributed by atoms with Crippen molar-refractivity contribution in [1.29, 1.82) is 0 Å². The SMILES string of the molecule is C=C(S)CC(=O)Nc1ccc(C(=O)N2CCCCC2)cc1. The quantitative estimate of drug-likeness (QED) is 0.840. The molecule has 0 aromatic heterocycles. The van der Waals surface area contributed by atoms with Crippen LogP contribution in [-0.4, -0.2) is 29.8 Å². The van der Waals surface area contributed by atoms with Gasteiger partial charge < -0.3 is 10.2 Å². The molecule has 1 aromatic carbocycles. The topological polar surface area (TPSA) is 49.4 Å². The van der Waals surface area contributed by atoms with Gasteiger partial charge in [0.05, 0.1) is 6.42 Å². The average Bonchev–Trinajstić information content (AvgIpc) is 2.47. The average molecular weight is 304 g/mol. The maximum absolute atomic E-state index is 12.3. The van der Waals surface area contributed by atoms with Gasteiger partial charge in [0, 0.05) is 24.3 Å². The zero-order valence-corrected chi connectivity index (χ0v) is 12.9. The molecule has 5 heteroatoms. The Labute approximate surface area is 130 Å². The molecular weight excluding hydrogens is 284 g/mol. The largest absolute Gasteiger partial charge is 0.339 e. The minimum absolute atomic E-state index is 0.0660. The van der Waals surface area contributed by atoms with E-state index in [4.69, 9.17) is 0 Å². The van der Waals surface area contributed by atoms with E-state index in [9.17, 15) is 9.59 Å². The number of hydrogen-bond acceptors (Lipinski definition) is 3. The zero-order valence-electron chi connectivity index (χ0n) is 12.0. The highest BCUT2D eigenvalue weighted by Gasteiger charge is 2.17. The van der Waals surface area contributed by atoms with E-state index in [2.05, 4.69) is 24.5 Å². The van der Waals surface area contributed by atoms with Crippen molar-refractivity contribution in [3.63, 3.8) is 0 Å². The monoisotopic (exact) mass is 304 g/mol. The summed E-state index contributed by atoms with van der Waals surface area (Å²) in [4.78, 5) is 26.3. The second-order valence-corrected chi connectivity index (χ2v) is 5.85. The molecule has 0 bridgehead atoms. The van der Waals surface area contributed by atoms with E-state index in [1.54, 1.807) is 24.3 Å².